The van der Waals surface area contributed by atoms with Crippen LogP contribution in [0.1, 0.15) is 61.8 Å². The third-order valence-corrected chi connectivity index (χ3v) is 11.6. The first-order valence-electron chi connectivity index (χ1n) is 17.8. The van der Waals surface area contributed by atoms with Gasteiger partial charge in [-0.3, -0.25) is 19.2 Å². The number of likely N-dealkylation sites (tertiary alicyclic amines) is 1. The molecule has 2 aromatic rings. The number of nitrogens with zero attached hydrogens (tertiary/aromatic N) is 3. The van der Waals surface area contributed by atoms with Gasteiger partial charge in [0.15, 0.2) is 0 Å². The van der Waals surface area contributed by atoms with Crippen LogP contribution in [0.3, 0.4) is 0 Å². The number of halogens is 1. The third-order valence-electron chi connectivity index (χ3n) is 10.8. The van der Waals surface area contributed by atoms with E-state index in [0.29, 0.717) is 31.2 Å². The van der Waals surface area contributed by atoms with E-state index in [1.165, 1.54) is 0 Å². The second-order valence-corrected chi connectivity index (χ2v) is 15.1. The Balaban J connectivity index is 1.53. The van der Waals surface area contributed by atoms with Crippen molar-refractivity contribution < 1.29 is 33.8 Å². The number of hydrogen-bond acceptors (Lipinski definition) is 7. The molecule has 1 unspecified atom stereocenters. The lowest BCUT2D eigenvalue weighted by molar-refractivity contribution is -0.164. The summed E-state index contributed by atoms with van der Waals surface area (Å²) in [4.78, 5) is 61.7. The number of alkyl halides is 1. The molecule has 1 spiro atoms. The highest BCUT2D eigenvalue weighted by atomic mass is 79.9. The first-order valence-corrected chi connectivity index (χ1v) is 18.7. The van der Waals surface area contributed by atoms with Crippen LogP contribution in [0.25, 0.3) is 0 Å². The largest absolute Gasteiger partial charge is 0.455 e. The van der Waals surface area contributed by atoms with Crippen LogP contribution in [0.5, 0.6) is 0 Å². The van der Waals surface area contributed by atoms with E-state index in [9.17, 15) is 24.3 Å². The minimum Gasteiger partial charge on any atom is -0.455 e. The van der Waals surface area contributed by atoms with Crippen molar-refractivity contribution >= 4 is 45.3 Å². The molecule has 5 rings (SSSR count). The molecule has 8 atom stereocenters. The standard InChI is InChI=1S/C40H50BrN3O7/c1-7-9-20-30(46)42(6)27(5)34(28-18-11-10-12-19-28)50-39(49)31-32-37(47)44(22-13-14-23-45)36(40(32)24-29(41)35(31)51-40)38(48)43(21-8-2)33-25(3)16-15-17-26(33)4/h7-8,10-12,15-19,27,29,31-32,34-36,45H,1-2,9,13-14,20-24H2,3-6H3/t27-,29?,31+,32-,34+,35+,36+,40-/m1/s1. The number of hydrogen-bond donors (Lipinski definition) is 1. The lowest BCUT2D eigenvalue weighted by atomic mass is 9.70. The van der Waals surface area contributed by atoms with E-state index < -0.39 is 47.7 Å². The van der Waals surface area contributed by atoms with Crippen LogP contribution in [0, 0.1) is 25.7 Å². The van der Waals surface area contributed by atoms with Crippen LogP contribution in [0.2, 0.25) is 0 Å². The van der Waals surface area contributed by atoms with Crippen molar-refractivity contribution in [3.8, 4) is 0 Å². The number of carbonyl (C=O) groups is 4. The maximum Gasteiger partial charge on any atom is 0.313 e. The van der Waals surface area contributed by atoms with Gasteiger partial charge in [0.25, 0.3) is 5.91 Å². The predicted molar refractivity (Wildman–Crippen MR) is 199 cm³/mol. The summed E-state index contributed by atoms with van der Waals surface area (Å²) in [5.74, 6) is -3.33. The SMILES string of the molecule is C=CCCC(=O)N(C)[C@H](C)[C@H](OC(=O)[C@@H]1[C@H]2O[C@@]3(CC2Br)[C@H](C(=O)N(CC=C)c2c(C)cccc2C)N(CCCCO)C(=O)[C@@H]13)c1ccccc1. The molecule has 3 heterocycles. The average Bonchev–Trinajstić information content (AvgIpc) is 3.71. The Morgan fingerprint density at radius 1 is 1.10 bits per heavy atom. The molecule has 2 aromatic carbocycles. The topological polar surface area (TPSA) is 117 Å². The smallest absolute Gasteiger partial charge is 0.313 e. The summed E-state index contributed by atoms with van der Waals surface area (Å²) in [6.07, 6.45) is 3.86. The molecule has 0 aliphatic carbocycles. The lowest BCUT2D eigenvalue weighted by Crippen LogP contribution is -2.57. The molecule has 3 aliphatic rings. The van der Waals surface area contributed by atoms with Crippen LogP contribution >= 0.6 is 15.9 Å². The molecule has 3 aliphatic heterocycles. The molecule has 0 saturated carbocycles. The summed E-state index contributed by atoms with van der Waals surface area (Å²) in [6.45, 7) is 13.7. The number of aryl methyl sites for hydroxylation is 2. The maximum atomic E-state index is 15.0. The van der Waals surface area contributed by atoms with Crippen molar-refractivity contribution in [1.82, 2.24) is 9.80 Å². The van der Waals surface area contributed by atoms with Crippen LogP contribution in [-0.2, 0) is 28.7 Å². The molecular weight excluding hydrogens is 714 g/mol. The third kappa shape index (κ3) is 7.17. The van der Waals surface area contributed by atoms with Crippen molar-refractivity contribution in [2.45, 2.75) is 87.6 Å². The molecule has 3 amide bonds. The highest BCUT2D eigenvalue weighted by Gasteiger charge is 2.77. The zero-order valence-electron chi connectivity index (χ0n) is 30.0. The summed E-state index contributed by atoms with van der Waals surface area (Å²) >= 11 is 3.76. The van der Waals surface area contributed by atoms with E-state index in [1.54, 1.807) is 33.9 Å². The molecule has 3 fully saturated rings. The van der Waals surface area contributed by atoms with E-state index >= 15 is 0 Å². The molecule has 2 bridgehead atoms. The highest BCUT2D eigenvalue weighted by Crippen LogP contribution is 2.60. The summed E-state index contributed by atoms with van der Waals surface area (Å²) in [7, 11) is 1.69. The Labute approximate surface area is 309 Å². The van der Waals surface area contributed by atoms with Gasteiger partial charge in [-0.05, 0) is 63.1 Å². The zero-order chi connectivity index (χ0) is 37.0. The maximum absolute atomic E-state index is 15.0. The minimum absolute atomic E-state index is 0.0548. The summed E-state index contributed by atoms with van der Waals surface area (Å²) in [5.41, 5.74) is 1.97. The number of esters is 1. The number of unbranched alkanes of at least 4 members (excludes halogenated alkanes) is 1. The van der Waals surface area contributed by atoms with Gasteiger partial charge >= 0.3 is 5.97 Å². The number of carbonyl (C=O) groups excluding carboxylic acids is 4. The van der Waals surface area contributed by atoms with E-state index in [-0.39, 0.29) is 48.7 Å². The fourth-order valence-electron chi connectivity index (χ4n) is 8.24. The molecule has 1 N–H and O–H groups in total. The quantitative estimate of drug-likeness (QED) is 0.105. The molecule has 51 heavy (non-hydrogen) atoms. The van der Waals surface area contributed by atoms with E-state index in [4.69, 9.17) is 9.47 Å². The van der Waals surface area contributed by atoms with E-state index in [0.717, 1.165) is 16.8 Å². The van der Waals surface area contributed by atoms with Gasteiger partial charge in [-0.15, -0.1) is 13.2 Å². The van der Waals surface area contributed by atoms with Crippen molar-refractivity contribution in [2.75, 3.05) is 31.6 Å². The van der Waals surface area contributed by atoms with Crippen molar-refractivity contribution in [3.05, 3.63) is 90.5 Å². The van der Waals surface area contributed by atoms with Gasteiger partial charge in [-0.25, -0.2) is 0 Å². The van der Waals surface area contributed by atoms with Gasteiger partial charge in [0.1, 0.15) is 17.7 Å². The van der Waals surface area contributed by atoms with Gasteiger partial charge < -0.3 is 29.3 Å². The lowest BCUT2D eigenvalue weighted by Gasteiger charge is -2.38. The summed E-state index contributed by atoms with van der Waals surface area (Å²) < 4.78 is 13.1. The number of benzene rings is 2. The Bertz CT molecular complexity index is 1610. The molecular formula is C40H50BrN3O7. The fourth-order valence-corrected chi connectivity index (χ4v) is 9.18. The second-order valence-electron chi connectivity index (χ2n) is 13.9. The average molecular weight is 765 g/mol. The molecule has 0 aromatic heterocycles. The highest BCUT2D eigenvalue weighted by molar-refractivity contribution is 9.09. The monoisotopic (exact) mass is 763 g/mol. The number of aliphatic hydroxyl groups excluding tert-OH is 1. The Morgan fingerprint density at radius 3 is 2.41 bits per heavy atom. The summed E-state index contributed by atoms with van der Waals surface area (Å²) in [6, 6.07) is 13.5. The van der Waals surface area contributed by atoms with Crippen LogP contribution in [0.15, 0.2) is 73.8 Å². The van der Waals surface area contributed by atoms with E-state index in [1.807, 2.05) is 69.3 Å². The van der Waals surface area contributed by atoms with Gasteiger partial charge in [-0.1, -0.05) is 76.6 Å². The Morgan fingerprint density at radius 2 is 1.78 bits per heavy atom. The number of ether oxygens (including phenoxy) is 2. The van der Waals surface area contributed by atoms with Crippen LogP contribution in [-0.4, -0.2) is 94.0 Å². The van der Waals surface area contributed by atoms with E-state index in [2.05, 4.69) is 29.1 Å². The van der Waals surface area contributed by atoms with Crippen molar-refractivity contribution in [2.24, 2.45) is 11.8 Å². The molecule has 11 heteroatoms. The normalized spacial score (nSPS) is 26.0. The number of amides is 3. The molecule has 10 nitrogen and oxygen atoms in total. The zero-order valence-corrected chi connectivity index (χ0v) is 31.6. The number of anilines is 1. The number of allylic oxidation sites excluding steroid dienone is 1. The number of rotatable bonds is 16. The summed E-state index contributed by atoms with van der Waals surface area (Å²) in [5, 5.41) is 9.59. The number of para-hydroxylation sites is 1. The van der Waals surface area contributed by atoms with Crippen molar-refractivity contribution in [3.63, 3.8) is 0 Å². The molecule has 274 valence electrons. The Hall–Kier alpha value is -3.80. The minimum atomic E-state index is -1.29. The number of aliphatic hydroxyl groups is 1. The number of likely N-dealkylation sites (N-methyl/N-ethyl adjacent to an activating group) is 1. The number of fused-ring (bicyclic) bond motifs is 1. The second kappa shape index (κ2) is 16.3. The first-order chi connectivity index (χ1) is 24.4. The van der Waals surface area contributed by atoms with Gasteiger partial charge in [0, 0.05) is 43.7 Å². The first kappa shape index (κ1) is 38.4. The molecule has 0 radical (unpaired) electrons. The van der Waals surface area contributed by atoms with Gasteiger partial charge in [-0.2, -0.15) is 0 Å². The van der Waals surface area contributed by atoms with Gasteiger partial charge in [0.05, 0.1) is 24.0 Å². The van der Waals surface area contributed by atoms with Crippen molar-refractivity contribution in [1.29, 1.82) is 0 Å². The van der Waals surface area contributed by atoms with Crippen LogP contribution < -0.4 is 4.90 Å². The Kier molecular flexibility index (Phi) is 12.2. The predicted octanol–water partition coefficient (Wildman–Crippen LogP) is 5.44. The molecule has 3 saturated heterocycles. The fraction of sp³-hybridized carbons (Fsp3) is 0.500. The van der Waals surface area contributed by atoms with Crippen LogP contribution in [0.4, 0.5) is 5.69 Å². The van der Waals surface area contributed by atoms with Gasteiger partial charge in [0.2, 0.25) is 11.8 Å².